The number of aromatic nitrogens is 2. The van der Waals surface area contributed by atoms with E-state index in [-0.39, 0.29) is 11.4 Å². The molecule has 5 heteroatoms. The van der Waals surface area contributed by atoms with Crippen molar-refractivity contribution < 1.29 is 14.6 Å². The van der Waals surface area contributed by atoms with Crippen LogP contribution < -0.4 is 4.74 Å². The quantitative estimate of drug-likeness (QED) is 0.786. The van der Waals surface area contributed by atoms with Gasteiger partial charge in [-0.15, -0.1) is 5.10 Å². The van der Waals surface area contributed by atoms with Crippen molar-refractivity contribution in [2.45, 2.75) is 20.8 Å². The van der Waals surface area contributed by atoms with Gasteiger partial charge in [-0.3, -0.25) is 0 Å². The first-order chi connectivity index (χ1) is 6.57. The van der Waals surface area contributed by atoms with Crippen LogP contribution in [-0.2, 0) is 0 Å². The molecule has 0 aliphatic carbocycles. The highest BCUT2D eigenvalue weighted by Crippen LogP contribution is 2.20. The molecule has 1 N–H and O–H groups in total. The van der Waals surface area contributed by atoms with Gasteiger partial charge >= 0.3 is 5.97 Å². The normalized spacial score (nSPS) is 9.93. The Labute approximate surface area is 81.7 Å². The SMILES string of the molecule is CCOc1nnc(C)c(C)c1C(=O)O. The molecule has 0 unspecified atom stereocenters. The molecule has 0 aliphatic rings. The molecule has 5 nitrogen and oxygen atoms in total. The van der Waals surface area contributed by atoms with E-state index in [2.05, 4.69) is 10.2 Å². The Bertz CT molecular complexity index is 363. The van der Waals surface area contributed by atoms with Crippen LogP contribution in [0.25, 0.3) is 0 Å². The molecule has 0 saturated carbocycles. The van der Waals surface area contributed by atoms with Crippen molar-refractivity contribution in [3.8, 4) is 5.88 Å². The summed E-state index contributed by atoms with van der Waals surface area (Å²) >= 11 is 0. The molecular weight excluding hydrogens is 184 g/mol. The third-order valence-corrected chi connectivity index (χ3v) is 1.92. The minimum absolute atomic E-state index is 0.0862. The summed E-state index contributed by atoms with van der Waals surface area (Å²) in [5, 5.41) is 16.4. The standard InChI is InChI=1S/C9H12N2O3/c1-4-14-8-7(9(12)13)5(2)6(3)10-11-8/h4H2,1-3H3,(H,12,13). The van der Waals surface area contributed by atoms with Gasteiger partial charge in [0, 0.05) is 0 Å². The molecule has 0 bridgehead atoms. The van der Waals surface area contributed by atoms with Gasteiger partial charge in [-0.2, -0.15) is 5.10 Å². The van der Waals surface area contributed by atoms with E-state index in [0.29, 0.717) is 17.9 Å². The molecule has 0 fully saturated rings. The summed E-state index contributed by atoms with van der Waals surface area (Å²) in [5.41, 5.74) is 1.29. The molecule has 1 aromatic heterocycles. The summed E-state index contributed by atoms with van der Waals surface area (Å²) in [6.07, 6.45) is 0. The fourth-order valence-corrected chi connectivity index (χ4v) is 1.08. The fourth-order valence-electron chi connectivity index (χ4n) is 1.08. The number of aryl methyl sites for hydroxylation is 1. The minimum atomic E-state index is -1.04. The molecule has 0 aliphatic heterocycles. The van der Waals surface area contributed by atoms with Crippen LogP contribution in [0.15, 0.2) is 0 Å². The third-order valence-electron chi connectivity index (χ3n) is 1.92. The zero-order chi connectivity index (χ0) is 10.7. The Morgan fingerprint density at radius 3 is 2.57 bits per heavy atom. The number of carbonyl (C=O) groups is 1. The molecule has 0 radical (unpaired) electrons. The molecule has 0 saturated heterocycles. The monoisotopic (exact) mass is 196 g/mol. The van der Waals surface area contributed by atoms with Crippen LogP contribution in [0.4, 0.5) is 0 Å². The van der Waals surface area contributed by atoms with Crippen LogP contribution in [0.3, 0.4) is 0 Å². The van der Waals surface area contributed by atoms with E-state index >= 15 is 0 Å². The maximum Gasteiger partial charge on any atom is 0.341 e. The van der Waals surface area contributed by atoms with Crippen LogP contribution in [-0.4, -0.2) is 27.9 Å². The van der Waals surface area contributed by atoms with Gasteiger partial charge in [-0.1, -0.05) is 0 Å². The van der Waals surface area contributed by atoms with Gasteiger partial charge < -0.3 is 9.84 Å². The van der Waals surface area contributed by atoms with Crippen molar-refractivity contribution in [1.29, 1.82) is 0 Å². The van der Waals surface area contributed by atoms with E-state index in [9.17, 15) is 4.79 Å². The van der Waals surface area contributed by atoms with Gasteiger partial charge in [0.05, 0.1) is 12.3 Å². The topological polar surface area (TPSA) is 72.3 Å². The van der Waals surface area contributed by atoms with E-state index in [1.165, 1.54) is 0 Å². The number of aromatic carboxylic acids is 1. The van der Waals surface area contributed by atoms with E-state index in [1.54, 1.807) is 20.8 Å². The summed E-state index contributed by atoms with van der Waals surface area (Å²) in [6, 6.07) is 0. The predicted octanol–water partition coefficient (Wildman–Crippen LogP) is 1.19. The zero-order valence-electron chi connectivity index (χ0n) is 8.37. The number of hydrogen-bond donors (Lipinski definition) is 1. The number of rotatable bonds is 3. The summed E-state index contributed by atoms with van der Waals surface area (Å²) in [5.74, 6) is -0.952. The lowest BCUT2D eigenvalue weighted by Crippen LogP contribution is -2.10. The van der Waals surface area contributed by atoms with Crippen LogP contribution in [0.1, 0.15) is 28.5 Å². The summed E-state index contributed by atoms with van der Waals surface area (Å²) in [4.78, 5) is 10.9. The van der Waals surface area contributed by atoms with Crippen LogP contribution >= 0.6 is 0 Å². The third kappa shape index (κ3) is 1.81. The first-order valence-corrected chi connectivity index (χ1v) is 4.27. The fraction of sp³-hybridized carbons (Fsp3) is 0.444. The highest BCUT2D eigenvalue weighted by molar-refractivity contribution is 5.91. The summed E-state index contributed by atoms with van der Waals surface area (Å²) < 4.78 is 5.08. The second-order valence-corrected chi connectivity index (χ2v) is 2.83. The molecule has 1 heterocycles. The molecule has 0 aromatic carbocycles. The Hall–Kier alpha value is -1.65. The Morgan fingerprint density at radius 1 is 1.43 bits per heavy atom. The van der Waals surface area contributed by atoms with Gasteiger partial charge in [0.1, 0.15) is 5.56 Å². The molecule has 14 heavy (non-hydrogen) atoms. The predicted molar refractivity (Wildman–Crippen MR) is 49.6 cm³/mol. The number of ether oxygens (including phenoxy) is 1. The maximum atomic E-state index is 10.9. The van der Waals surface area contributed by atoms with Crippen molar-refractivity contribution >= 4 is 5.97 Å². The van der Waals surface area contributed by atoms with Crippen LogP contribution in [0.2, 0.25) is 0 Å². The van der Waals surface area contributed by atoms with Crippen molar-refractivity contribution in [2.24, 2.45) is 0 Å². The molecular formula is C9H12N2O3. The Balaban J connectivity index is 3.30. The van der Waals surface area contributed by atoms with Gasteiger partial charge in [-0.25, -0.2) is 4.79 Å². The summed E-state index contributed by atoms with van der Waals surface area (Å²) in [7, 11) is 0. The average Bonchev–Trinajstić information content (AvgIpc) is 2.11. The van der Waals surface area contributed by atoms with E-state index in [4.69, 9.17) is 9.84 Å². The van der Waals surface area contributed by atoms with Crippen molar-refractivity contribution in [3.63, 3.8) is 0 Å². The Kier molecular flexibility index (Phi) is 3.01. The van der Waals surface area contributed by atoms with Gasteiger partial charge in [0.2, 0.25) is 5.88 Å². The number of nitrogens with zero attached hydrogens (tertiary/aromatic N) is 2. The van der Waals surface area contributed by atoms with Crippen molar-refractivity contribution in [3.05, 3.63) is 16.8 Å². The largest absolute Gasteiger partial charge is 0.477 e. The lowest BCUT2D eigenvalue weighted by Gasteiger charge is -2.08. The Morgan fingerprint density at radius 2 is 2.07 bits per heavy atom. The van der Waals surface area contributed by atoms with Crippen LogP contribution in [0.5, 0.6) is 5.88 Å². The molecule has 0 amide bonds. The molecule has 76 valence electrons. The van der Waals surface area contributed by atoms with Gasteiger partial charge in [0.25, 0.3) is 0 Å². The van der Waals surface area contributed by atoms with Gasteiger partial charge in [-0.05, 0) is 26.3 Å². The summed E-state index contributed by atoms with van der Waals surface area (Å²) in [6.45, 7) is 5.54. The smallest absolute Gasteiger partial charge is 0.341 e. The first-order valence-electron chi connectivity index (χ1n) is 4.27. The van der Waals surface area contributed by atoms with E-state index in [0.717, 1.165) is 0 Å². The first kappa shape index (κ1) is 10.4. The zero-order valence-corrected chi connectivity index (χ0v) is 8.37. The second kappa shape index (κ2) is 4.04. The van der Waals surface area contributed by atoms with E-state index in [1.807, 2.05) is 0 Å². The molecule has 1 rings (SSSR count). The van der Waals surface area contributed by atoms with Crippen LogP contribution in [0, 0.1) is 13.8 Å². The minimum Gasteiger partial charge on any atom is -0.477 e. The van der Waals surface area contributed by atoms with E-state index < -0.39 is 5.97 Å². The van der Waals surface area contributed by atoms with Gasteiger partial charge in [0.15, 0.2) is 0 Å². The number of carboxylic acid groups (broad SMARTS) is 1. The lowest BCUT2D eigenvalue weighted by molar-refractivity contribution is 0.0690. The number of hydrogen-bond acceptors (Lipinski definition) is 4. The number of carboxylic acids is 1. The van der Waals surface area contributed by atoms with Crippen molar-refractivity contribution in [2.75, 3.05) is 6.61 Å². The van der Waals surface area contributed by atoms with Crippen molar-refractivity contribution in [1.82, 2.24) is 10.2 Å². The second-order valence-electron chi connectivity index (χ2n) is 2.83. The average molecular weight is 196 g/mol. The molecule has 0 atom stereocenters. The molecule has 1 aromatic rings. The highest BCUT2D eigenvalue weighted by atomic mass is 16.5. The highest BCUT2D eigenvalue weighted by Gasteiger charge is 2.18. The lowest BCUT2D eigenvalue weighted by atomic mass is 10.1. The maximum absolute atomic E-state index is 10.9. The molecule has 0 spiro atoms.